The van der Waals surface area contributed by atoms with E-state index < -0.39 is 0 Å². The Bertz CT molecular complexity index is 609. The first-order valence-corrected chi connectivity index (χ1v) is 9.88. The predicted octanol–water partition coefficient (Wildman–Crippen LogP) is 5.44. The van der Waals surface area contributed by atoms with Gasteiger partial charge in [0.05, 0.1) is 10.6 Å². The van der Waals surface area contributed by atoms with Crippen molar-refractivity contribution in [3.05, 3.63) is 33.3 Å². The zero-order valence-corrected chi connectivity index (χ0v) is 15.8. The molecule has 4 bridgehead atoms. The van der Waals surface area contributed by atoms with Gasteiger partial charge >= 0.3 is 0 Å². The Kier molecular flexibility index (Phi) is 4.00. The van der Waals surface area contributed by atoms with Gasteiger partial charge in [0.2, 0.25) is 0 Å². The average Bonchev–Trinajstić information content (AvgIpc) is 2.48. The number of hydrogen-bond acceptors (Lipinski definition) is 1. The highest BCUT2D eigenvalue weighted by Crippen LogP contribution is 2.61. The van der Waals surface area contributed by atoms with Crippen LogP contribution in [-0.2, 0) is 0 Å². The predicted molar refractivity (Wildman–Crippen MR) is 96.7 cm³/mol. The molecular formula is C19H23BrClNO. The van der Waals surface area contributed by atoms with E-state index in [-0.39, 0.29) is 11.9 Å². The van der Waals surface area contributed by atoms with Gasteiger partial charge in [-0.25, -0.2) is 0 Å². The lowest BCUT2D eigenvalue weighted by atomic mass is 9.48. The Balaban J connectivity index is 1.52. The van der Waals surface area contributed by atoms with Crippen molar-refractivity contribution >= 4 is 33.4 Å². The molecule has 0 heterocycles. The molecule has 1 unspecified atom stereocenters. The fourth-order valence-corrected chi connectivity index (χ4v) is 6.37. The van der Waals surface area contributed by atoms with Gasteiger partial charge in [0.1, 0.15) is 0 Å². The van der Waals surface area contributed by atoms with E-state index in [9.17, 15) is 4.79 Å². The highest BCUT2D eigenvalue weighted by Gasteiger charge is 2.53. The quantitative estimate of drug-likeness (QED) is 0.724. The number of nitrogens with one attached hydrogen (secondary N) is 1. The van der Waals surface area contributed by atoms with Gasteiger partial charge in [0.15, 0.2) is 0 Å². The van der Waals surface area contributed by atoms with Crippen LogP contribution >= 0.6 is 27.5 Å². The Labute approximate surface area is 151 Å². The zero-order chi connectivity index (χ0) is 16.2. The van der Waals surface area contributed by atoms with Crippen molar-refractivity contribution in [1.82, 2.24) is 5.32 Å². The van der Waals surface area contributed by atoms with Crippen LogP contribution in [0, 0.1) is 23.2 Å². The van der Waals surface area contributed by atoms with Crippen molar-refractivity contribution in [3.63, 3.8) is 0 Å². The van der Waals surface area contributed by atoms with E-state index in [4.69, 9.17) is 11.6 Å². The molecule has 0 spiro atoms. The number of carbonyl (C=O) groups excluding carboxylic acids is 1. The Morgan fingerprint density at radius 3 is 2.35 bits per heavy atom. The van der Waals surface area contributed by atoms with Crippen molar-refractivity contribution in [2.75, 3.05) is 0 Å². The number of carbonyl (C=O) groups is 1. The van der Waals surface area contributed by atoms with Gasteiger partial charge in [0, 0.05) is 10.5 Å². The first-order chi connectivity index (χ1) is 10.9. The maximum atomic E-state index is 12.7. The smallest absolute Gasteiger partial charge is 0.253 e. The summed E-state index contributed by atoms with van der Waals surface area (Å²) >= 11 is 9.64. The molecule has 4 saturated carbocycles. The lowest BCUT2D eigenvalue weighted by Crippen LogP contribution is -2.55. The van der Waals surface area contributed by atoms with Crippen LogP contribution in [0.25, 0.3) is 0 Å². The van der Waals surface area contributed by atoms with E-state index in [1.807, 2.05) is 12.1 Å². The van der Waals surface area contributed by atoms with Gasteiger partial charge < -0.3 is 5.32 Å². The maximum absolute atomic E-state index is 12.7. The van der Waals surface area contributed by atoms with E-state index in [1.54, 1.807) is 6.07 Å². The fourth-order valence-electron chi connectivity index (χ4n) is 5.81. The molecule has 23 heavy (non-hydrogen) atoms. The van der Waals surface area contributed by atoms with Crippen LogP contribution in [0.1, 0.15) is 55.8 Å². The largest absolute Gasteiger partial charge is 0.349 e. The maximum Gasteiger partial charge on any atom is 0.253 e. The molecule has 1 N–H and O–H groups in total. The second-order valence-corrected chi connectivity index (χ2v) is 9.42. The van der Waals surface area contributed by atoms with Crippen molar-refractivity contribution < 1.29 is 4.79 Å². The van der Waals surface area contributed by atoms with Crippen LogP contribution in [0.2, 0.25) is 5.02 Å². The topological polar surface area (TPSA) is 29.1 Å². The van der Waals surface area contributed by atoms with E-state index in [0.29, 0.717) is 16.0 Å². The molecule has 4 aliphatic rings. The summed E-state index contributed by atoms with van der Waals surface area (Å²) in [6, 6.07) is 5.67. The molecule has 5 rings (SSSR count). The van der Waals surface area contributed by atoms with E-state index in [0.717, 1.165) is 22.2 Å². The summed E-state index contributed by atoms with van der Waals surface area (Å²) in [6.45, 7) is 2.21. The lowest BCUT2D eigenvalue weighted by molar-refractivity contribution is -0.0688. The highest BCUT2D eigenvalue weighted by atomic mass is 79.9. The van der Waals surface area contributed by atoms with Crippen LogP contribution in [0.4, 0.5) is 0 Å². The minimum absolute atomic E-state index is 0.0421. The van der Waals surface area contributed by atoms with Crippen LogP contribution in [0.3, 0.4) is 0 Å². The lowest BCUT2D eigenvalue weighted by Gasteiger charge is -2.59. The number of halogens is 2. The monoisotopic (exact) mass is 395 g/mol. The molecule has 1 aromatic carbocycles. The standard InChI is InChI=1S/C19H23BrClNO/c1-11(22-18(23)16-7-15(20)2-3-17(16)21)19-8-12-4-13(9-19)6-14(5-12)10-19/h2-3,7,11-14H,4-6,8-10H2,1H3,(H,22,23). The third kappa shape index (κ3) is 2.84. The number of hydrogen-bond donors (Lipinski definition) is 1. The number of benzene rings is 1. The van der Waals surface area contributed by atoms with Gasteiger partial charge in [-0.3, -0.25) is 4.79 Å². The normalized spacial score (nSPS) is 36.0. The van der Waals surface area contributed by atoms with Crippen molar-refractivity contribution in [1.29, 1.82) is 0 Å². The van der Waals surface area contributed by atoms with Gasteiger partial charge in [0.25, 0.3) is 5.91 Å². The number of rotatable bonds is 3. The summed E-state index contributed by atoms with van der Waals surface area (Å²) in [5.41, 5.74) is 0.890. The summed E-state index contributed by atoms with van der Waals surface area (Å²) in [7, 11) is 0. The first-order valence-electron chi connectivity index (χ1n) is 8.71. The minimum Gasteiger partial charge on any atom is -0.349 e. The molecule has 0 aliphatic heterocycles. The van der Waals surface area contributed by atoms with Gasteiger partial charge in [-0.05, 0) is 86.8 Å². The molecule has 0 radical (unpaired) electrons. The van der Waals surface area contributed by atoms with E-state index >= 15 is 0 Å². The molecule has 4 fully saturated rings. The molecule has 0 saturated heterocycles. The molecule has 1 amide bonds. The van der Waals surface area contributed by atoms with Crippen molar-refractivity contribution in [2.45, 2.75) is 51.5 Å². The molecule has 124 valence electrons. The summed E-state index contributed by atoms with van der Waals surface area (Å²) in [5, 5.41) is 3.79. The minimum atomic E-state index is -0.0421. The highest BCUT2D eigenvalue weighted by molar-refractivity contribution is 9.10. The van der Waals surface area contributed by atoms with Crippen molar-refractivity contribution in [3.8, 4) is 0 Å². The van der Waals surface area contributed by atoms with Gasteiger partial charge in [-0.15, -0.1) is 0 Å². The molecule has 1 atom stereocenters. The van der Waals surface area contributed by atoms with E-state index in [1.165, 1.54) is 38.5 Å². The van der Waals surface area contributed by atoms with Crippen LogP contribution in [0.5, 0.6) is 0 Å². The molecule has 0 aromatic heterocycles. The summed E-state index contributed by atoms with van der Waals surface area (Å²) < 4.78 is 0.884. The van der Waals surface area contributed by atoms with Crippen molar-refractivity contribution in [2.24, 2.45) is 23.2 Å². The van der Waals surface area contributed by atoms with Gasteiger partial charge in [-0.2, -0.15) is 0 Å². The first kappa shape index (κ1) is 16.0. The van der Waals surface area contributed by atoms with Crippen LogP contribution in [-0.4, -0.2) is 11.9 Å². The third-order valence-electron chi connectivity index (χ3n) is 6.52. The molecule has 2 nitrogen and oxygen atoms in total. The van der Waals surface area contributed by atoms with Gasteiger partial charge in [-0.1, -0.05) is 27.5 Å². The summed E-state index contributed by atoms with van der Waals surface area (Å²) in [4.78, 5) is 12.7. The average molecular weight is 397 g/mol. The zero-order valence-electron chi connectivity index (χ0n) is 13.4. The summed E-state index contributed by atoms with van der Waals surface area (Å²) in [6.07, 6.45) is 8.18. The Morgan fingerprint density at radius 2 is 1.78 bits per heavy atom. The Morgan fingerprint density at radius 1 is 1.22 bits per heavy atom. The SMILES string of the molecule is CC(NC(=O)c1cc(Br)ccc1Cl)C12CC3CC(CC(C3)C1)C2. The second kappa shape index (κ2) is 5.77. The fraction of sp³-hybridized carbons (Fsp3) is 0.632. The Hall–Kier alpha value is -0.540. The van der Waals surface area contributed by atoms with Crippen LogP contribution in [0.15, 0.2) is 22.7 Å². The molecule has 4 aliphatic carbocycles. The third-order valence-corrected chi connectivity index (χ3v) is 7.35. The molecule has 1 aromatic rings. The summed E-state index contributed by atoms with van der Waals surface area (Å²) in [5.74, 6) is 2.65. The second-order valence-electron chi connectivity index (χ2n) is 8.10. The number of amides is 1. The van der Waals surface area contributed by atoms with Crippen LogP contribution < -0.4 is 5.32 Å². The molecular weight excluding hydrogens is 374 g/mol. The van der Waals surface area contributed by atoms with E-state index in [2.05, 4.69) is 28.2 Å². The molecule has 4 heteroatoms.